The van der Waals surface area contributed by atoms with Crippen molar-refractivity contribution in [2.75, 3.05) is 44.6 Å². The van der Waals surface area contributed by atoms with Gasteiger partial charge in [0.1, 0.15) is 0 Å². The quantitative estimate of drug-likeness (QED) is 0.642. The van der Waals surface area contributed by atoms with Crippen LogP contribution in [0.25, 0.3) is 0 Å². The van der Waals surface area contributed by atoms with Gasteiger partial charge in [-0.1, -0.05) is 24.1 Å². The van der Waals surface area contributed by atoms with Crippen LogP contribution in [0.4, 0.5) is 5.69 Å². The third kappa shape index (κ3) is 8.11. The van der Waals surface area contributed by atoms with Crippen molar-refractivity contribution in [1.29, 1.82) is 0 Å². The summed E-state index contributed by atoms with van der Waals surface area (Å²) in [6.45, 7) is 7.46. The summed E-state index contributed by atoms with van der Waals surface area (Å²) < 4.78 is 0. The minimum absolute atomic E-state index is 0. The fourth-order valence-corrected chi connectivity index (χ4v) is 3.91. The lowest BCUT2D eigenvalue weighted by molar-refractivity contribution is 0.0488. The number of anilines is 1. The van der Waals surface area contributed by atoms with Gasteiger partial charge in [-0.3, -0.25) is 4.90 Å². The Labute approximate surface area is 176 Å². The third-order valence-electron chi connectivity index (χ3n) is 4.98. The van der Waals surface area contributed by atoms with Gasteiger partial charge >= 0.3 is 0 Å². The Hall–Kier alpha value is 0.1000. The van der Waals surface area contributed by atoms with Crippen LogP contribution in [0.5, 0.6) is 0 Å². The fourth-order valence-electron chi connectivity index (χ4n) is 3.72. The largest absolute Gasteiger partial charge is 0.385 e. The van der Waals surface area contributed by atoms with Crippen molar-refractivity contribution >= 4 is 54.5 Å². The standard InChI is InChI=1S/C18H28ClN3.3ClH/c19-16-6-5-7-17(14-16)20-9-2-4-10-21-12-13-22-11-3-1-8-18(22)15-21;;;/h5-7,14,18,20H,1-4,8-13,15H2;3*1H. The van der Waals surface area contributed by atoms with Gasteiger partial charge in [0, 0.05) is 42.9 Å². The number of piperidine rings is 1. The summed E-state index contributed by atoms with van der Waals surface area (Å²) in [6, 6.07) is 8.82. The number of rotatable bonds is 6. The van der Waals surface area contributed by atoms with Crippen LogP contribution in [-0.2, 0) is 0 Å². The van der Waals surface area contributed by atoms with E-state index in [1.807, 2.05) is 18.2 Å². The summed E-state index contributed by atoms with van der Waals surface area (Å²) in [6.07, 6.45) is 6.74. The first kappa shape index (κ1) is 25.1. The monoisotopic (exact) mass is 429 g/mol. The molecule has 146 valence electrons. The van der Waals surface area contributed by atoms with Crippen LogP contribution in [0.2, 0.25) is 5.02 Å². The summed E-state index contributed by atoms with van der Waals surface area (Å²) in [7, 11) is 0. The molecule has 2 saturated heterocycles. The molecule has 0 bridgehead atoms. The van der Waals surface area contributed by atoms with Gasteiger partial charge in [-0.2, -0.15) is 0 Å². The summed E-state index contributed by atoms with van der Waals surface area (Å²) in [5, 5.41) is 4.26. The van der Waals surface area contributed by atoms with E-state index < -0.39 is 0 Å². The molecule has 1 unspecified atom stereocenters. The molecule has 7 heteroatoms. The predicted molar refractivity (Wildman–Crippen MR) is 117 cm³/mol. The summed E-state index contributed by atoms with van der Waals surface area (Å²) in [4.78, 5) is 5.38. The summed E-state index contributed by atoms with van der Waals surface area (Å²) >= 11 is 5.99. The van der Waals surface area contributed by atoms with Crippen molar-refractivity contribution < 1.29 is 0 Å². The Bertz CT molecular complexity index is 475. The average Bonchev–Trinajstić information content (AvgIpc) is 2.54. The molecule has 3 rings (SSSR count). The van der Waals surface area contributed by atoms with E-state index >= 15 is 0 Å². The Morgan fingerprint density at radius 3 is 2.68 bits per heavy atom. The molecule has 1 aromatic carbocycles. The number of fused-ring (bicyclic) bond motifs is 1. The van der Waals surface area contributed by atoms with E-state index in [1.54, 1.807) is 0 Å². The van der Waals surface area contributed by atoms with Crippen LogP contribution in [0.15, 0.2) is 24.3 Å². The first-order valence-corrected chi connectivity index (χ1v) is 9.15. The Morgan fingerprint density at radius 2 is 1.88 bits per heavy atom. The smallest absolute Gasteiger partial charge is 0.0426 e. The summed E-state index contributed by atoms with van der Waals surface area (Å²) in [5.74, 6) is 0. The molecule has 1 N–H and O–H groups in total. The molecule has 0 saturated carbocycles. The maximum atomic E-state index is 5.99. The van der Waals surface area contributed by atoms with Gasteiger partial charge in [0.05, 0.1) is 0 Å². The second-order valence-corrected chi connectivity index (χ2v) is 7.07. The molecule has 2 aliphatic heterocycles. The predicted octanol–water partition coefficient (Wildman–Crippen LogP) is 4.97. The molecule has 25 heavy (non-hydrogen) atoms. The van der Waals surface area contributed by atoms with Crippen LogP contribution >= 0.6 is 48.8 Å². The molecule has 0 aromatic heterocycles. The van der Waals surface area contributed by atoms with Crippen LogP contribution in [-0.4, -0.2) is 55.1 Å². The van der Waals surface area contributed by atoms with Gasteiger partial charge in [-0.15, -0.1) is 37.2 Å². The SMILES string of the molecule is Cl.Cl.Cl.Clc1cccc(NCCCCN2CCN3CCCCC3C2)c1. The normalized spacial score (nSPS) is 20.4. The molecular weight excluding hydrogens is 400 g/mol. The number of unbranched alkanes of at least 4 members (excludes halogenated alkanes) is 1. The second kappa shape index (κ2) is 13.3. The van der Waals surface area contributed by atoms with Crippen LogP contribution in [0.1, 0.15) is 32.1 Å². The number of hydrogen-bond donors (Lipinski definition) is 1. The molecule has 0 radical (unpaired) electrons. The molecule has 2 aliphatic rings. The first-order valence-electron chi connectivity index (χ1n) is 8.77. The highest BCUT2D eigenvalue weighted by Crippen LogP contribution is 2.21. The summed E-state index contributed by atoms with van der Waals surface area (Å²) in [5.41, 5.74) is 1.13. The zero-order valence-electron chi connectivity index (χ0n) is 14.7. The van der Waals surface area contributed by atoms with Gasteiger partial charge < -0.3 is 10.2 Å². The molecular formula is C18H31Cl4N3. The molecule has 2 heterocycles. The maximum Gasteiger partial charge on any atom is 0.0426 e. The molecule has 0 spiro atoms. The molecule has 3 nitrogen and oxygen atoms in total. The topological polar surface area (TPSA) is 18.5 Å². The minimum Gasteiger partial charge on any atom is -0.385 e. The van der Waals surface area contributed by atoms with E-state index in [4.69, 9.17) is 11.6 Å². The van der Waals surface area contributed by atoms with Crippen LogP contribution in [0.3, 0.4) is 0 Å². The van der Waals surface area contributed by atoms with Crippen molar-refractivity contribution in [1.82, 2.24) is 9.80 Å². The number of hydrogen-bond acceptors (Lipinski definition) is 3. The number of nitrogens with zero attached hydrogens (tertiary/aromatic N) is 2. The van der Waals surface area contributed by atoms with Gasteiger partial charge in [0.15, 0.2) is 0 Å². The van der Waals surface area contributed by atoms with Gasteiger partial charge in [0.25, 0.3) is 0 Å². The molecule has 0 amide bonds. The van der Waals surface area contributed by atoms with E-state index in [0.29, 0.717) is 0 Å². The van der Waals surface area contributed by atoms with Crippen molar-refractivity contribution in [3.8, 4) is 0 Å². The third-order valence-corrected chi connectivity index (χ3v) is 5.21. The van der Waals surface area contributed by atoms with E-state index in [2.05, 4.69) is 21.2 Å². The highest BCUT2D eigenvalue weighted by molar-refractivity contribution is 6.30. The molecule has 2 fully saturated rings. The van der Waals surface area contributed by atoms with E-state index in [0.717, 1.165) is 23.3 Å². The lowest BCUT2D eigenvalue weighted by Gasteiger charge is -2.44. The minimum atomic E-state index is 0. The maximum absolute atomic E-state index is 5.99. The number of halogens is 4. The average molecular weight is 431 g/mol. The Morgan fingerprint density at radius 1 is 1.04 bits per heavy atom. The highest BCUT2D eigenvalue weighted by Gasteiger charge is 2.28. The fraction of sp³-hybridized carbons (Fsp3) is 0.667. The molecule has 1 atom stereocenters. The molecule has 0 aliphatic carbocycles. The zero-order chi connectivity index (χ0) is 15.2. The lowest BCUT2D eigenvalue weighted by Crippen LogP contribution is -2.54. The van der Waals surface area contributed by atoms with Crippen molar-refractivity contribution in [3.05, 3.63) is 29.3 Å². The zero-order valence-corrected chi connectivity index (χ0v) is 17.9. The Kier molecular flexibility index (Phi) is 13.3. The number of benzene rings is 1. The van der Waals surface area contributed by atoms with Crippen molar-refractivity contribution in [2.45, 2.75) is 38.1 Å². The van der Waals surface area contributed by atoms with Gasteiger partial charge in [0.2, 0.25) is 0 Å². The first-order chi connectivity index (χ1) is 10.8. The van der Waals surface area contributed by atoms with E-state index in [1.165, 1.54) is 64.8 Å². The van der Waals surface area contributed by atoms with Crippen molar-refractivity contribution in [3.63, 3.8) is 0 Å². The Balaban J connectivity index is 0.00000192. The lowest BCUT2D eigenvalue weighted by atomic mass is 9.99. The number of nitrogens with one attached hydrogen (secondary N) is 1. The van der Waals surface area contributed by atoms with Crippen LogP contribution in [0, 0.1) is 0 Å². The van der Waals surface area contributed by atoms with Gasteiger partial charge in [-0.05, 0) is 57.0 Å². The van der Waals surface area contributed by atoms with E-state index in [-0.39, 0.29) is 37.2 Å². The molecule has 1 aromatic rings. The highest BCUT2D eigenvalue weighted by atomic mass is 35.5. The van der Waals surface area contributed by atoms with Crippen LogP contribution < -0.4 is 5.32 Å². The van der Waals surface area contributed by atoms with E-state index in [9.17, 15) is 0 Å². The van der Waals surface area contributed by atoms with Gasteiger partial charge in [-0.25, -0.2) is 0 Å². The number of piperazine rings is 1. The second-order valence-electron chi connectivity index (χ2n) is 6.63. The van der Waals surface area contributed by atoms with Crippen molar-refractivity contribution in [2.24, 2.45) is 0 Å².